The molecule has 0 amide bonds. The van der Waals surface area contributed by atoms with Crippen LogP contribution in [0.1, 0.15) is 27.0 Å². The van der Waals surface area contributed by atoms with Crippen LogP contribution in [0.4, 0.5) is 4.39 Å². The molecule has 0 aliphatic carbocycles. The van der Waals surface area contributed by atoms with Gasteiger partial charge in [0.05, 0.1) is 0 Å². The second-order valence-electron chi connectivity index (χ2n) is 4.60. The molecule has 2 aromatic carbocycles. The van der Waals surface area contributed by atoms with Gasteiger partial charge in [0.25, 0.3) is 0 Å². The first kappa shape index (κ1) is 14.1. The van der Waals surface area contributed by atoms with Crippen molar-refractivity contribution in [2.45, 2.75) is 20.5 Å². The Bertz CT molecular complexity index is 630. The molecular weight excluding hydrogens is 259 g/mol. The second-order valence-corrected chi connectivity index (χ2v) is 4.60. The third-order valence-corrected chi connectivity index (χ3v) is 3.19. The molecule has 0 aliphatic rings. The Morgan fingerprint density at radius 3 is 2.45 bits per heavy atom. The van der Waals surface area contributed by atoms with Crippen molar-refractivity contribution in [3.05, 3.63) is 64.5 Å². The zero-order valence-electron chi connectivity index (χ0n) is 11.3. The summed E-state index contributed by atoms with van der Waals surface area (Å²) in [5, 5.41) is 9.06. The van der Waals surface area contributed by atoms with E-state index < -0.39 is 11.8 Å². The molecule has 0 aliphatic heterocycles. The monoisotopic (exact) mass is 274 g/mol. The van der Waals surface area contributed by atoms with Crippen LogP contribution in [0.3, 0.4) is 0 Å². The Hall–Kier alpha value is -2.36. The van der Waals surface area contributed by atoms with E-state index in [1.54, 1.807) is 0 Å². The smallest absolute Gasteiger partial charge is 0.339 e. The van der Waals surface area contributed by atoms with Crippen LogP contribution >= 0.6 is 0 Å². The van der Waals surface area contributed by atoms with E-state index in [0.717, 1.165) is 28.8 Å². The topological polar surface area (TPSA) is 46.5 Å². The van der Waals surface area contributed by atoms with Crippen LogP contribution < -0.4 is 4.74 Å². The molecule has 0 radical (unpaired) electrons. The van der Waals surface area contributed by atoms with E-state index in [0.29, 0.717) is 0 Å². The number of aromatic carboxylic acids is 1. The molecule has 0 bridgehead atoms. The summed E-state index contributed by atoms with van der Waals surface area (Å²) in [5.41, 5.74) is 3.04. The minimum absolute atomic E-state index is 0.0418. The van der Waals surface area contributed by atoms with Crippen molar-refractivity contribution in [3.8, 4) is 5.75 Å². The van der Waals surface area contributed by atoms with Crippen LogP contribution in [-0.2, 0) is 6.61 Å². The maximum atomic E-state index is 13.2. The highest BCUT2D eigenvalue weighted by Crippen LogP contribution is 2.23. The average Bonchev–Trinajstić information content (AvgIpc) is 2.37. The minimum Gasteiger partial charge on any atom is -0.488 e. The number of aryl methyl sites for hydroxylation is 2. The fraction of sp³-hybridized carbons (Fsp3) is 0.188. The molecule has 0 atom stereocenters. The van der Waals surface area contributed by atoms with Gasteiger partial charge < -0.3 is 9.84 Å². The predicted molar refractivity (Wildman–Crippen MR) is 73.6 cm³/mol. The van der Waals surface area contributed by atoms with Gasteiger partial charge in [0.15, 0.2) is 0 Å². The molecule has 0 heterocycles. The largest absolute Gasteiger partial charge is 0.488 e. The van der Waals surface area contributed by atoms with Gasteiger partial charge in [0, 0.05) is 6.07 Å². The van der Waals surface area contributed by atoms with E-state index in [9.17, 15) is 9.18 Å². The van der Waals surface area contributed by atoms with Crippen molar-refractivity contribution in [3.63, 3.8) is 0 Å². The van der Waals surface area contributed by atoms with E-state index in [1.165, 1.54) is 6.07 Å². The third-order valence-electron chi connectivity index (χ3n) is 3.19. The summed E-state index contributed by atoms with van der Waals surface area (Å²) in [6, 6.07) is 9.26. The van der Waals surface area contributed by atoms with Crippen molar-refractivity contribution in [1.82, 2.24) is 0 Å². The molecule has 1 N–H and O–H groups in total. The van der Waals surface area contributed by atoms with Gasteiger partial charge in [-0.25, -0.2) is 9.18 Å². The number of hydrogen-bond donors (Lipinski definition) is 1. The molecule has 4 heteroatoms. The number of halogens is 1. The van der Waals surface area contributed by atoms with Crippen molar-refractivity contribution in [2.75, 3.05) is 0 Å². The van der Waals surface area contributed by atoms with Crippen molar-refractivity contribution < 1.29 is 19.0 Å². The molecular formula is C16H15FO3. The fourth-order valence-corrected chi connectivity index (χ4v) is 2.02. The lowest BCUT2D eigenvalue weighted by Gasteiger charge is -2.13. The molecule has 0 unspecified atom stereocenters. The number of rotatable bonds is 4. The van der Waals surface area contributed by atoms with Gasteiger partial charge in [-0.3, -0.25) is 0 Å². The van der Waals surface area contributed by atoms with Crippen molar-refractivity contribution in [1.29, 1.82) is 0 Å². The molecule has 3 nitrogen and oxygen atoms in total. The summed E-state index contributed by atoms with van der Waals surface area (Å²) in [5.74, 6) is -1.62. The van der Waals surface area contributed by atoms with Gasteiger partial charge in [-0.1, -0.05) is 18.2 Å². The highest BCUT2D eigenvalue weighted by atomic mass is 19.1. The zero-order valence-corrected chi connectivity index (χ0v) is 11.3. The van der Waals surface area contributed by atoms with Crippen LogP contribution in [0.2, 0.25) is 0 Å². The lowest BCUT2D eigenvalue weighted by molar-refractivity contribution is 0.0691. The van der Waals surface area contributed by atoms with Gasteiger partial charge in [-0.05, 0) is 42.7 Å². The van der Waals surface area contributed by atoms with Crippen LogP contribution in [0.25, 0.3) is 0 Å². The van der Waals surface area contributed by atoms with Crippen molar-refractivity contribution >= 4 is 5.97 Å². The molecule has 104 valence electrons. The minimum atomic E-state index is -1.14. The summed E-state index contributed by atoms with van der Waals surface area (Å²) in [6.07, 6.45) is 0. The molecule has 2 aromatic rings. The normalized spacial score (nSPS) is 10.3. The van der Waals surface area contributed by atoms with E-state index in [2.05, 4.69) is 0 Å². The van der Waals surface area contributed by atoms with Crippen LogP contribution in [0, 0.1) is 19.7 Å². The summed E-state index contributed by atoms with van der Waals surface area (Å²) in [7, 11) is 0. The predicted octanol–water partition coefficient (Wildman–Crippen LogP) is 3.72. The first-order chi connectivity index (χ1) is 9.49. The van der Waals surface area contributed by atoms with E-state index in [1.807, 2.05) is 32.0 Å². The lowest BCUT2D eigenvalue weighted by atomic mass is 10.0. The molecule has 2 rings (SSSR count). The molecule has 20 heavy (non-hydrogen) atoms. The SMILES string of the molecule is Cc1cccc(C)c1COc1cc(F)ccc1C(=O)O. The maximum Gasteiger partial charge on any atom is 0.339 e. The standard InChI is InChI=1S/C16H15FO3/c1-10-4-3-5-11(2)14(10)9-20-15-8-12(17)6-7-13(15)16(18)19/h3-8H,9H2,1-2H3,(H,18,19). The number of ether oxygens (including phenoxy) is 1. The van der Waals surface area contributed by atoms with E-state index in [-0.39, 0.29) is 17.9 Å². The quantitative estimate of drug-likeness (QED) is 0.924. The molecule has 0 spiro atoms. The van der Waals surface area contributed by atoms with Crippen LogP contribution in [0.15, 0.2) is 36.4 Å². The van der Waals surface area contributed by atoms with E-state index in [4.69, 9.17) is 9.84 Å². The summed E-state index contributed by atoms with van der Waals surface area (Å²) in [4.78, 5) is 11.1. The average molecular weight is 274 g/mol. The highest BCUT2D eigenvalue weighted by molar-refractivity contribution is 5.90. The molecule has 0 aromatic heterocycles. The van der Waals surface area contributed by atoms with Gasteiger partial charge in [-0.2, -0.15) is 0 Å². The summed E-state index contributed by atoms with van der Waals surface area (Å²) >= 11 is 0. The van der Waals surface area contributed by atoms with Crippen LogP contribution in [0.5, 0.6) is 5.75 Å². The molecule has 0 fully saturated rings. The first-order valence-electron chi connectivity index (χ1n) is 6.20. The Morgan fingerprint density at radius 2 is 1.85 bits per heavy atom. The lowest BCUT2D eigenvalue weighted by Crippen LogP contribution is -2.05. The van der Waals surface area contributed by atoms with Crippen molar-refractivity contribution in [2.24, 2.45) is 0 Å². The van der Waals surface area contributed by atoms with E-state index >= 15 is 0 Å². The number of carbonyl (C=O) groups is 1. The van der Waals surface area contributed by atoms with Crippen LogP contribution in [-0.4, -0.2) is 11.1 Å². The molecule has 0 saturated carbocycles. The van der Waals surface area contributed by atoms with Gasteiger partial charge in [-0.15, -0.1) is 0 Å². The second kappa shape index (κ2) is 5.74. The number of carboxylic acid groups (broad SMARTS) is 1. The number of carboxylic acids is 1. The fourth-order valence-electron chi connectivity index (χ4n) is 2.02. The Labute approximate surface area is 116 Å². The maximum absolute atomic E-state index is 13.2. The van der Waals surface area contributed by atoms with Gasteiger partial charge in [0.1, 0.15) is 23.7 Å². The Morgan fingerprint density at radius 1 is 1.20 bits per heavy atom. The highest BCUT2D eigenvalue weighted by Gasteiger charge is 2.13. The number of hydrogen-bond acceptors (Lipinski definition) is 2. The Kier molecular flexibility index (Phi) is 4.03. The summed E-state index contributed by atoms with van der Waals surface area (Å²) in [6.45, 7) is 4.12. The Balaban J connectivity index is 2.27. The third kappa shape index (κ3) is 2.96. The zero-order chi connectivity index (χ0) is 14.7. The molecule has 0 saturated heterocycles. The first-order valence-corrected chi connectivity index (χ1v) is 6.20. The van der Waals surface area contributed by atoms with Gasteiger partial charge >= 0.3 is 5.97 Å². The summed E-state index contributed by atoms with van der Waals surface area (Å²) < 4.78 is 18.7. The number of benzene rings is 2. The van der Waals surface area contributed by atoms with Gasteiger partial charge in [0.2, 0.25) is 0 Å².